The maximum atomic E-state index is 14.1. The Morgan fingerprint density at radius 1 is 1.21 bits per heavy atom. The maximum absolute atomic E-state index is 14.1. The Morgan fingerprint density at radius 3 is 2.71 bits per heavy atom. The van der Waals surface area contributed by atoms with Crippen molar-refractivity contribution < 1.29 is 9.13 Å². The molecule has 0 atom stereocenters. The lowest BCUT2D eigenvalue weighted by Crippen LogP contribution is -2.06. The number of nitrogens with zero attached hydrogens (tertiary/aromatic N) is 2. The summed E-state index contributed by atoms with van der Waals surface area (Å²) in [5.74, 6) is -0.156. The van der Waals surface area contributed by atoms with E-state index in [9.17, 15) is 4.39 Å². The zero-order valence-corrected chi connectivity index (χ0v) is 14.2. The highest BCUT2D eigenvalue weighted by Gasteiger charge is 2.23. The number of hydrogen-bond acceptors (Lipinski definition) is 2. The predicted octanol–water partition coefficient (Wildman–Crippen LogP) is 5.62. The van der Waals surface area contributed by atoms with Crippen LogP contribution >= 0.6 is 11.6 Å². The molecule has 0 aliphatic heterocycles. The topological polar surface area (TPSA) is 27.1 Å². The SMILES string of the molecule is COc1ccc(-c2nn(C3CCCC3)c3c(Cl)cccc23)cc1F. The van der Waals surface area contributed by atoms with Gasteiger partial charge in [-0.3, -0.25) is 4.68 Å². The molecule has 124 valence electrons. The zero-order valence-electron chi connectivity index (χ0n) is 13.4. The molecule has 0 radical (unpaired) electrons. The van der Waals surface area contributed by atoms with Crippen molar-refractivity contribution in [1.29, 1.82) is 0 Å². The van der Waals surface area contributed by atoms with E-state index in [4.69, 9.17) is 21.4 Å². The lowest BCUT2D eigenvalue weighted by Gasteiger charge is -2.11. The van der Waals surface area contributed by atoms with E-state index in [1.54, 1.807) is 6.07 Å². The first-order chi connectivity index (χ1) is 11.7. The number of benzene rings is 2. The van der Waals surface area contributed by atoms with E-state index in [0.717, 1.165) is 35.0 Å². The smallest absolute Gasteiger partial charge is 0.165 e. The summed E-state index contributed by atoms with van der Waals surface area (Å²) in [5, 5.41) is 6.47. The summed E-state index contributed by atoms with van der Waals surface area (Å²) in [6, 6.07) is 11.1. The van der Waals surface area contributed by atoms with Crippen molar-refractivity contribution in [1.82, 2.24) is 9.78 Å². The van der Waals surface area contributed by atoms with Crippen molar-refractivity contribution in [3.05, 3.63) is 47.2 Å². The average Bonchev–Trinajstić information content (AvgIpc) is 3.22. The Kier molecular flexibility index (Phi) is 3.93. The highest BCUT2D eigenvalue weighted by atomic mass is 35.5. The number of ether oxygens (including phenoxy) is 1. The van der Waals surface area contributed by atoms with Crippen LogP contribution in [-0.2, 0) is 0 Å². The average molecular weight is 345 g/mol. The molecule has 1 aliphatic carbocycles. The van der Waals surface area contributed by atoms with Gasteiger partial charge in [0.25, 0.3) is 0 Å². The Balaban J connectivity index is 1.92. The van der Waals surface area contributed by atoms with E-state index in [-0.39, 0.29) is 11.6 Å². The minimum absolute atomic E-state index is 0.233. The van der Waals surface area contributed by atoms with Crippen LogP contribution in [0.1, 0.15) is 31.7 Å². The molecule has 3 nitrogen and oxygen atoms in total. The van der Waals surface area contributed by atoms with E-state index in [1.807, 2.05) is 28.9 Å². The van der Waals surface area contributed by atoms with Crippen LogP contribution < -0.4 is 4.74 Å². The van der Waals surface area contributed by atoms with Crippen LogP contribution in [0.5, 0.6) is 5.75 Å². The van der Waals surface area contributed by atoms with Crippen LogP contribution in [0.3, 0.4) is 0 Å². The van der Waals surface area contributed by atoms with Gasteiger partial charge in [0.05, 0.1) is 23.7 Å². The van der Waals surface area contributed by atoms with Gasteiger partial charge in [-0.05, 0) is 37.1 Å². The molecule has 2 aromatic carbocycles. The van der Waals surface area contributed by atoms with Crippen LogP contribution in [0, 0.1) is 5.82 Å². The molecule has 1 fully saturated rings. The molecule has 0 unspecified atom stereocenters. The van der Waals surface area contributed by atoms with Gasteiger partial charge in [-0.2, -0.15) is 5.10 Å². The summed E-state index contributed by atoms with van der Waals surface area (Å²) in [6.07, 6.45) is 4.64. The van der Waals surface area contributed by atoms with Gasteiger partial charge in [0, 0.05) is 10.9 Å². The van der Waals surface area contributed by atoms with E-state index in [1.165, 1.54) is 26.0 Å². The van der Waals surface area contributed by atoms with Crippen molar-refractivity contribution in [2.75, 3.05) is 7.11 Å². The van der Waals surface area contributed by atoms with Crippen LogP contribution in [0.15, 0.2) is 36.4 Å². The fraction of sp³-hybridized carbons (Fsp3) is 0.316. The second-order valence-electron chi connectivity index (χ2n) is 6.22. The quantitative estimate of drug-likeness (QED) is 0.616. The Bertz CT molecular complexity index is 900. The van der Waals surface area contributed by atoms with Crippen molar-refractivity contribution in [3.63, 3.8) is 0 Å². The van der Waals surface area contributed by atoms with Gasteiger partial charge in [-0.1, -0.05) is 36.6 Å². The Morgan fingerprint density at radius 2 is 2.00 bits per heavy atom. The first-order valence-electron chi connectivity index (χ1n) is 8.19. The molecule has 1 heterocycles. The molecule has 4 rings (SSSR count). The molecule has 24 heavy (non-hydrogen) atoms. The molecular formula is C19H18ClFN2O. The van der Waals surface area contributed by atoms with Crippen molar-refractivity contribution in [2.24, 2.45) is 0 Å². The minimum atomic E-state index is -0.388. The Hall–Kier alpha value is -2.07. The van der Waals surface area contributed by atoms with E-state index in [2.05, 4.69) is 0 Å². The second kappa shape index (κ2) is 6.10. The summed E-state index contributed by atoms with van der Waals surface area (Å²) in [6.45, 7) is 0. The van der Waals surface area contributed by atoms with Crippen LogP contribution in [0.2, 0.25) is 5.02 Å². The molecule has 1 aromatic heterocycles. The number of para-hydroxylation sites is 1. The first kappa shape index (κ1) is 15.5. The van der Waals surface area contributed by atoms with E-state index >= 15 is 0 Å². The monoisotopic (exact) mass is 344 g/mol. The highest BCUT2D eigenvalue weighted by Crippen LogP contribution is 2.38. The summed E-state index contributed by atoms with van der Waals surface area (Å²) in [5.41, 5.74) is 2.44. The molecule has 1 saturated carbocycles. The lowest BCUT2D eigenvalue weighted by molar-refractivity contribution is 0.386. The normalized spacial score (nSPS) is 15.3. The largest absolute Gasteiger partial charge is 0.494 e. The van der Waals surface area contributed by atoms with E-state index < -0.39 is 0 Å². The number of fused-ring (bicyclic) bond motifs is 1. The van der Waals surface area contributed by atoms with E-state index in [0.29, 0.717) is 11.1 Å². The number of methoxy groups -OCH3 is 1. The zero-order chi connectivity index (χ0) is 16.7. The standard InChI is InChI=1S/C19H18ClFN2O/c1-24-17-10-9-12(11-16(17)21)18-14-7-4-8-15(20)19(14)23(22-18)13-5-2-3-6-13/h4,7-11,13H,2-3,5-6H2,1H3. The van der Waals surface area contributed by atoms with Gasteiger partial charge in [0.2, 0.25) is 0 Å². The predicted molar refractivity (Wildman–Crippen MR) is 94.2 cm³/mol. The van der Waals surface area contributed by atoms with Gasteiger partial charge >= 0.3 is 0 Å². The molecule has 0 spiro atoms. The lowest BCUT2D eigenvalue weighted by atomic mass is 10.1. The van der Waals surface area contributed by atoms with Gasteiger partial charge in [0.1, 0.15) is 5.69 Å². The summed E-state index contributed by atoms with van der Waals surface area (Å²) >= 11 is 6.47. The molecule has 3 aromatic rings. The molecule has 0 bridgehead atoms. The number of hydrogen-bond donors (Lipinski definition) is 0. The third kappa shape index (κ3) is 2.46. The molecular weight excluding hydrogens is 327 g/mol. The van der Waals surface area contributed by atoms with Crippen LogP contribution in [0.4, 0.5) is 4.39 Å². The number of halogens is 2. The second-order valence-corrected chi connectivity index (χ2v) is 6.62. The van der Waals surface area contributed by atoms with Gasteiger partial charge in [-0.25, -0.2) is 4.39 Å². The summed E-state index contributed by atoms with van der Waals surface area (Å²) in [7, 11) is 1.46. The van der Waals surface area contributed by atoms with Crippen LogP contribution in [0.25, 0.3) is 22.2 Å². The minimum Gasteiger partial charge on any atom is -0.494 e. The fourth-order valence-electron chi connectivity index (χ4n) is 3.59. The Labute approximate surface area is 145 Å². The number of rotatable bonds is 3. The molecule has 1 aliphatic rings. The van der Waals surface area contributed by atoms with Crippen molar-refractivity contribution >= 4 is 22.5 Å². The molecule has 0 amide bonds. The molecule has 0 saturated heterocycles. The molecule has 0 N–H and O–H groups in total. The summed E-state index contributed by atoms with van der Waals surface area (Å²) < 4.78 is 21.2. The van der Waals surface area contributed by atoms with Crippen molar-refractivity contribution in [3.8, 4) is 17.0 Å². The third-order valence-electron chi connectivity index (χ3n) is 4.77. The highest BCUT2D eigenvalue weighted by molar-refractivity contribution is 6.35. The number of aromatic nitrogens is 2. The molecule has 5 heteroatoms. The third-order valence-corrected chi connectivity index (χ3v) is 5.08. The van der Waals surface area contributed by atoms with Crippen molar-refractivity contribution in [2.45, 2.75) is 31.7 Å². The first-order valence-corrected chi connectivity index (χ1v) is 8.57. The van der Waals surface area contributed by atoms with Gasteiger partial charge in [-0.15, -0.1) is 0 Å². The maximum Gasteiger partial charge on any atom is 0.165 e. The van der Waals surface area contributed by atoms with Crippen LogP contribution in [-0.4, -0.2) is 16.9 Å². The van der Waals surface area contributed by atoms with Gasteiger partial charge in [0.15, 0.2) is 11.6 Å². The van der Waals surface area contributed by atoms with Gasteiger partial charge < -0.3 is 4.74 Å². The summed E-state index contributed by atoms with van der Waals surface area (Å²) in [4.78, 5) is 0. The fourth-order valence-corrected chi connectivity index (χ4v) is 3.85.